The molecule has 3 rings (SSSR count). The molecule has 2 N–H and O–H groups in total. The van der Waals surface area contributed by atoms with E-state index >= 15 is 0 Å². The van der Waals surface area contributed by atoms with Crippen LogP contribution in [0.4, 0.5) is 0 Å². The Morgan fingerprint density at radius 2 is 2.10 bits per heavy atom. The topological polar surface area (TPSA) is 54.6 Å². The summed E-state index contributed by atoms with van der Waals surface area (Å²) in [5.74, 6) is 3.56. The molecule has 2 atom stereocenters. The normalized spacial score (nSPS) is 28.5. The van der Waals surface area contributed by atoms with E-state index in [1.807, 2.05) is 0 Å². The zero-order valence-corrected chi connectivity index (χ0v) is 12.2. The van der Waals surface area contributed by atoms with Crippen LogP contribution in [0, 0.1) is 11.3 Å². The highest BCUT2D eigenvalue weighted by molar-refractivity contribution is 5.17. The van der Waals surface area contributed by atoms with Gasteiger partial charge >= 0.3 is 0 Å². The largest absolute Gasteiger partial charge is 0.464 e. The van der Waals surface area contributed by atoms with E-state index in [-0.39, 0.29) is 12.0 Å². The maximum atomic E-state index is 9.63. The van der Waals surface area contributed by atoms with Crippen LogP contribution < -0.4 is 5.32 Å². The van der Waals surface area contributed by atoms with Gasteiger partial charge in [-0.25, -0.2) is 0 Å². The van der Waals surface area contributed by atoms with Gasteiger partial charge in [0, 0.05) is 31.1 Å². The van der Waals surface area contributed by atoms with Crippen LogP contribution in [-0.4, -0.2) is 31.5 Å². The molecule has 0 spiro atoms. The van der Waals surface area contributed by atoms with Gasteiger partial charge in [-0.05, 0) is 37.3 Å². The van der Waals surface area contributed by atoms with Crippen molar-refractivity contribution >= 4 is 0 Å². The number of aliphatic hydroxyl groups excluding tert-OH is 1. The van der Waals surface area contributed by atoms with Crippen molar-refractivity contribution in [2.75, 3.05) is 26.4 Å². The molecular weight excluding hydrogens is 254 g/mol. The molecule has 1 aliphatic carbocycles. The van der Waals surface area contributed by atoms with E-state index in [1.54, 1.807) is 0 Å². The molecule has 4 heteroatoms. The minimum Gasteiger partial charge on any atom is -0.464 e. The van der Waals surface area contributed by atoms with Crippen molar-refractivity contribution in [3.8, 4) is 0 Å². The van der Waals surface area contributed by atoms with Crippen LogP contribution >= 0.6 is 0 Å². The molecule has 1 aliphatic heterocycles. The van der Waals surface area contributed by atoms with Crippen LogP contribution in [0.25, 0.3) is 0 Å². The fourth-order valence-corrected chi connectivity index (χ4v) is 3.05. The SMILES string of the molecule is C[C@H]1C[C@@H]1c1ccc(CNCC2(CO)CCOCC2)o1. The molecule has 0 aromatic carbocycles. The summed E-state index contributed by atoms with van der Waals surface area (Å²) in [6, 6.07) is 4.18. The Bertz CT molecular complexity index is 437. The Hall–Kier alpha value is -0.840. The maximum absolute atomic E-state index is 9.63. The van der Waals surface area contributed by atoms with E-state index in [0.717, 1.165) is 56.6 Å². The summed E-state index contributed by atoms with van der Waals surface area (Å²) < 4.78 is 11.3. The van der Waals surface area contributed by atoms with Gasteiger partial charge in [0.05, 0.1) is 13.2 Å². The van der Waals surface area contributed by atoms with Gasteiger partial charge in [-0.15, -0.1) is 0 Å². The zero-order chi connectivity index (χ0) is 14.0. The van der Waals surface area contributed by atoms with E-state index < -0.39 is 0 Å². The summed E-state index contributed by atoms with van der Waals surface area (Å²) >= 11 is 0. The first kappa shape index (κ1) is 14.1. The van der Waals surface area contributed by atoms with Crippen molar-refractivity contribution in [1.82, 2.24) is 5.32 Å². The molecule has 4 nitrogen and oxygen atoms in total. The fourth-order valence-electron chi connectivity index (χ4n) is 3.05. The summed E-state index contributed by atoms with van der Waals surface area (Å²) in [6.45, 7) is 5.57. The summed E-state index contributed by atoms with van der Waals surface area (Å²) in [6.07, 6.45) is 3.12. The Kier molecular flexibility index (Phi) is 4.15. The van der Waals surface area contributed by atoms with E-state index in [4.69, 9.17) is 9.15 Å². The van der Waals surface area contributed by atoms with Crippen molar-refractivity contribution in [1.29, 1.82) is 0 Å². The van der Waals surface area contributed by atoms with Crippen LogP contribution in [-0.2, 0) is 11.3 Å². The number of hydrogen-bond donors (Lipinski definition) is 2. The minimum atomic E-state index is -0.0152. The van der Waals surface area contributed by atoms with Crippen LogP contribution in [0.1, 0.15) is 43.6 Å². The lowest BCUT2D eigenvalue weighted by atomic mass is 9.81. The van der Waals surface area contributed by atoms with E-state index in [2.05, 4.69) is 24.4 Å². The Balaban J connectivity index is 1.48. The Morgan fingerprint density at radius 1 is 1.35 bits per heavy atom. The third kappa shape index (κ3) is 3.08. The quantitative estimate of drug-likeness (QED) is 0.839. The number of nitrogens with one attached hydrogen (secondary N) is 1. The van der Waals surface area contributed by atoms with Crippen LogP contribution in [0.5, 0.6) is 0 Å². The van der Waals surface area contributed by atoms with Crippen molar-refractivity contribution in [2.24, 2.45) is 11.3 Å². The first-order valence-corrected chi connectivity index (χ1v) is 7.70. The van der Waals surface area contributed by atoms with Crippen LogP contribution in [0.2, 0.25) is 0 Å². The number of furan rings is 1. The van der Waals surface area contributed by atoms with E-state index in [0.29, 0.717) is 5.92 Å². The second kappa shape index (κ2) is 5.88. The average Bonchev–Trinajstić information content (AvgIpc) is 3.02. The molecule has 1 saturated carbocycles. The number of ether oxygens (including phenoxy) is 1. The average molecular weight is 279 g/mol. The predicted octanol–water partition coefficient (Wildman–Crippen LogP) is 2.28. The van der Waals surface area contributed by atoms with Gasteiger partial charge in [-0.2, -0.15) is 0 Å². The number of hydrogen-bond acceptors (Lipinski definition) is 4. The first-order valence-electron chi connectivity index (χ1n) is 7.70. The van der Waals surface area contributed by atoms with Crippen molar-refractivity contribution in [3.63, 3.8) is 0 Å². The number of aliphatic hydroxyl groups is 1. The fraction of sp³-hybridized carbons (Fsp3) is 0.750. The second-order valence-electron chi connectivity index (χ2n) is 6.50. The summed E-state index contributed by atoms with van der Waals surface area (Å²) in [5, 5.41) is 13.1. The highest BCUT2D eigenvalue weighted by Gasteiger charge is 2.36. The van der Waals surface area contributed by atoms with Crippen LogP contribution in [0.15, 0.2) is 16.5 Å². The summed E-state index contributed by atoms with van der Waals surface area (Å²) in [5.41, 5.74) is -0.0152. The van der Waals surface area contributed by atoms with Gasteiger partial charge in [0.1, 0.15) is 11.5 Å². The molecule has 2 aliphatic rings. The summed E-state index contributed by atoms with van der Waals surface area (Å²) in [4.78, 5) is 0. The molecule has 20 heavy (non-hydrogen) atoms. The number of rotatable bonds is 6. The van der Waals surface area contributed by atoms with Gasteiger partial charge in [0.25, 0.3) is 0 Å². The van der Waals surface area contributed by atoms with Crippen LogP contribution in [0.3, 0.4) is 0 Å². The zero-order valence-electron chi connectivity index (χ0n) is 12.2. The highest BCUT2D eigenvalue weighted by Crippen LogP contribution is 2.47. The van der Waals surface area contributed by atoms with Crippen molar-refractivity contribution in [2.45, 2.75) is 38.6 Å². The van der Waals surface area contributed by atoms with Gasteiger partial charge in [-0.3, -0.25) is 0 Å². The third-order valence-corrected chi connectivity index (χ3v) is 4.85. The first-order chi connectivity index (χ1) is 9.72. The highest BCUT2D eigenvalue weighted by atomic mass is 16.5. The van der Waals surface area contributed by atoms with E-state index in [1.165, 1.54) is 6.42 Å². The minimum absolute atomic E-state index is 0.0152. The van der Waals surface area contributed by atoms with Gasteiger partial charge in [0.15, 0.2) is 0 Å². The van der Waals surface area contributed by atoms with Crippen molar-refractivity contribution < 1.29 is 14.3 Å². The molecule has 0 radical (unpaired) electrons. The molecule has 112 valence electrons. The molecule has 1 saturated heterocycles. The molecule has 2 heterocycles. The lowest BCUT2D eigenvalue weighted by molar-refractivity contribution is -0.0155. The molecule has 0 amide bonds. The molecule has 1 aromatic rings. The molecule has 0 bridgehead atoms. The van der Waals surface area contributed by atoms with E-state index in [9.17, 15) is 5.11 Å². The lowest BCUT2D eigenvalue weighted by Crippen LogP contribution is -2.41. The second-order valence-corrected chi connectivity index (χ2v) is 6.50. The predicted molar refractivity (Wildman–Crippen MR) is 76.5 cm³/mol. The maximum Gasteiger partial charge on any atom is 0.117 e. The Labute approximate surface area is 120 Å². The molecule has 0 unspecified atom stereocenters. The molecule has 1 aromatic heterocycles. The monoisotopic (exact) mass is 279 g/mol. The summed E-state index contributed by atoms with van der Waals surface area (Å²) in [7, 11) is 0. The smallest absolute Gasteiger partial charge is 0.117 e. The molecule has 2 fully saturated rings. The van der Waals surface area contributed by atoms with Gasteiger partial charge in [0.2, 0.25) is 0 Å². The van der Waals surface area contributed by atoms with Gasteiger partial charge < -0.3 is 19.6 Å². The standard InChI is InChI=1S/C16H25NO3/c1-12-8-14(12)15-3-2-13(20-15)9-17-10-16(11-18)4-6-19-7-5-16/h2-3,12,14,17-18H,4-11H2,1H3/t12-,14-/m0/s1. The third-order valence-electron chi connectivity index (χ3n) is 4.85. The van der Waals surface area contributed by atoms with Crippen molar-refractivity contribution in [3.05, 3.63) is 23.7 Å². The van der Waals surface area contributed by atoms with Gasteiger partial charge in [-0.1, -0.05) is 6.92 Å². The molecular formula is C16H25NO3. The lowest BCUT2D eigenvalue weighted by Gasteiger charge is -2.35. The Morgan fingerprint density at radius 3 is 2.75 bits per heavy atom.